The van der Waals surface area contributed by atoms with Gasteiger partial charge < -0.3 is 9.47 Å². The standard InChI is InChI=1S/C19H18O5/c1-13(2)14-8-10-16(11-9-14)18(21)24-19(22)17(23-12-20)15-6-4-3-5-7-15/h3-13,17H,1-2H3. The molecule has 0 saturated heterocycles. The fourth-order valence-electron chi connectivity index (χ4n) is 2.16. The van der Waals surface area contributed by atoms with Crippen LogP contribution in [0.2, 0.25) is 0 Å². The Hall–Kier alpha value is -2.95. The maximum atomic E-state index is 12.2. The third-order valence-electron chi connectivity index (χ3n) is 3.51. The lowest BCUT2D eigenvalue weighted by atomic mass is 10.0. The van der Waals surface area contributed by atoms with Crippen LogP contribution in [-0.4, -0.2) is 18.4 Å². The molecule has 0 aromatic heterocycles. The Bertz CT molecular complexity index is 704. The van der Waals surface area contributed by atoms with E-state index in [4.69, 9.17) is 9.47 Å². The van der Waals surface area contributed by atoms with E-state index in [1.807, 2.05) is 26.0 Å². The lowest BCUT2D eigenvalue weighted by molar-refractivity contribution is -0.157. The van der Waals surface area contributed by atoms with Crippen molar-refractivity contribution < 1.29 is 23.9 Å². The first-order valence-corrected chi connectivity index (χ1v) is 7.53. The van der Waals surface area contributed by atoms with E-state index in [0.717, 1.165) is 5.56 Å². The predicted octanol–water partition coefficient (Wildman–Crippen LogP) is 3.41. The molecule has 0 aliphatic heterocycles. The Balaban J connectivity index is 2.11. The van der Waals surface area contributed by atoms with Gasteiger partial charge in [0.2, 0.25) is 6.10 Å². The first-order valence-electron chi connectivity index (χ1n) is 7.53. The van der Waals surface area contributed by atoms with Gasteiger partial charge in [-0.3, -0.25) is 4.79 Å². The van der Waals surface area contributed by atoms with Gasteiger partial charge in [0.05, 0.1) is 5.56 Å². The second kappa shape index (κ2) is 8.06. The minimum absolute atomic E-state index is 0.154. The highest BCUT2D eigenvalue weighted by Crippen LogP contribution is 2.20. The first-order chi connectivity index (χ1) is 11.5. The summed E-state index contributed by atoms with van der Waals surface area (Å²) in [6, 6.07) is 15.2. The molecule has 2 aromatic rings. The average molecular weight is 326 g/mol. The first kappa shape index (κ1) is 17.4. The summed E-state index contributed by atoms with van der Waals surface area (Å²) in [5, 5.41) is 0. The maximum Gasteiger partial charge on any atom is 0.360 e. The van der Waals surface area contributed by atoms with Crippen LogP contribution in [0.25, 0.3) is 0 Å². The summed E-state index contributed by atoms with van der Waals surface area (Å²) in [5.74, 6) is -1.39. The molecule has 2 rings (SSSR count). The molecule has 2 aromatic carbocycles. The molecule has 0 heterocycles. The molecule has 0 spiro atoms. The number of esters is 2. The second-order valence-electron chi connectivity index (χ2n) is 5.51. The van der Waals surface area contributed by atoms with Crippen LogP contribution < -0.4 is 0 Å². The van der Waals surface area contributed by atoms with Gasteiger partial charge in [0.25, 0.3) is 6.47 Å². The van der Waals surface area contributed by atoms with Crippen LogP contribution in [0.3, 0.4) is 0 Å². The fourth-order valence-corrected chi connectivity index (χ4v) is 2.16. The van der Waals surface area contributed by atoms with Gasteiger partial charge in [0.1, 0.15) is 0 Å². The normalized spacial score (nSPS) is 11.6. The Morgan fingerprint density at radius 1 is 0.917 bits per heavy atom. The van der Waals surface area contributed by atoms with Crippen LogP contribution in [-0.2, 0) is 19.1 Å². The predicted molar refractivity (Wildman–Crippen MR) is 87.3 cm³/mol. The Kier molecular flexibility index (Phi) is 5.84. The molecule has 124 valence electrons. The van der Waals surface area contributed by atoms with Crippen LogP contribution in [0.5, 0.6) is 0 Å². The van der Waals surface area contributed by atoms with Gasteiger partial charge in [-0.25, -0.2) is 9.59 Å². The van der Waals surface area contributed by atoms with Crippen molar-refractivity contribution in [3.63, 3.8) is 0 Å². The molecule has 24 heavy (non-hydrogen) atoms. The highest BCUT2D eigenvalue weighted by atomic mass is 16.6. The number of hydrogen-bond donors (Lipinski definition) is 0. The summed E-state index contributed by atoms with van der Waals surface area (Å²) in [7, 11) is 0. The van der Waals surface area contributed by atoms with Gasteiger partial charge in [-0.1, -0.05) is 56.3 Å². The van der Waals surface area contributed by atoms with Crippen molar-refractivity contribution in [3.05, 3.63) is 71.3 Å². The van der Waals surface area contributed by atoms with E-state index in [-0.39, 0.29) is 12.0 Å². The van der Waals surface area contributed by atoms with Crippen molar-refractivity contribution in [1.29, 1.82) is 0 Å². The van der Waals surface area contributed by atoms with Gasteiger partial charge >= 0.3 is 11.9 Å². The number of carbonyl (C=O) groups is 3. The fraction of sp³-hybridized carbons (Fsp3) is 0.211. The molecule has 0 bridgehead atoms. The molecule has 1 atom stereocenters. The average Bonchev–Trinajstić information content (AvgIpc) is 2.60. The van der Waals surface area contributed by atoms with E-state index in [0.29, 0.717) is 11.5 Å². The molecular formula is C19H18O5. The summed E-state index contributed by atoms with van der Waals surface area (Å²) in [5.41, 5.74) is 1.76. The lowest BCUT2D eigenvalue weighted by Gasteiger charge is -2.14. The number of benzene rings is 2. The molecular weight excluding hydrogens is 308 g/mol. The maximum absolute atomic E-state index is 12.2. The zero-order valence-electron chi connectivity index (χ0n) is 13.5. The highest BCUT2D eigenvalue weighted by Gasteiger charge is 2.26. The van der Waals surface area contributed by atoms with Gasteiger partial charge in [0, 0.05) is 5.56 Å². The Labute approximate surface area is 140 Å². The van der Waals surface area contributed by atoms with E-state index in [1.165, 1.54) is 0 Å². The highest BCUT2D eigenvalue weighted by molar-refractivity contribution is 5.98. The summed E-state index contributed by atoms with van der Waals surface area (Å²) in [6.07, 6.45) is -1.28. The van der Waals surface area contributed by atoms with Crippen LogP contribution in [0.15, 0.2) is 54.6 Å². The molecule has 0 N–H and O–H groups in total. The van der Waals surface area contributed by atoms with E-state index in [2.05, 4.69) is 0 Å². The third kappa shape index (κ3) is 4.29. The van der Waals surface area contributed by atoms with Crippen molar-refractivity contribution in [1.82, 2.24) is 0 Å². The Morgan fingerprint density at radius 3 is 2.08 bits per heavy atom. The zero-order valence-corrected chi connectivity index (χ0v) is 13.5. The van der Waals surface area contributed by atoms with Crippen molar-refractivity contribution in [2.24, 2.45) is 0 Å². The Morgan fingerprint density at radius 2 is 1.54 bits per heavy atom. The number of hydrogen-bond acceptors (Lipinski definition) is 5. The third-order valence-corrected chi connectivity index (χ3v) is 3.51. The molecule has 0 amide bonds. The minimum Gasteiger partial charge on any atom is -0.448 e. The molecule has 5 nitrogen and oxygen atoms in total. The molecule has 0 saturated carbocycles. The van der Waals surface area contributed by atoms with E-state index >= 15 is 0 Å². The molecule has 5 heteroatoms. The van der Waals surface area contributed by atoms with Crippen molar-refractivity contribution in [3.8, 4) is 0 Å². The SMILES string of the molecule is CC(C)c1ccc(C(=O)OC(=O)C(OC=O)c2ccccc2)cc1. The second-order valence-corrected chi connectivity index (χ2v) is 5.51. The summed E-state index contributed by atoms with van der Waals surface area (Å²) in [6.45, 7) is 4.23. The topological polar surface area (TPSA) is 69.7 Å². The van der Waals surface area contributed by atoms with Crippen LogP contribution in [0.1, 0.15) is 47.4 Å². The molecule has 0 aliphatic carbocycles. The lowest BCUT2D eigenvalue weighted by Crippen LogP contribution is -2.22. The number of carbonyl (C=O) groups excluding carboxylic acids is 3. The van der Waals surface area contributed by atoms with Gasteiger partial charge in [-0.05, 0) is 23.6 Å². The molecule has 0 aliphatic rings. The van der Waals surface area contributed by atoms with Gasteiger partial charge in [-0.15, -0.1) is 0 Å². The van der Waals surface area contributed by atoms with E-state index < -0.39 is 18.0 Å². The summed E-state index contributed by atoms with van der Waals surface area (Å²) in [4.78, 5) is 34.9. The zero-order chi connectivity index (χ0) is 17.5. The van der Waals surface area contributed by atoms with Crippen LogP contribution >= 0.6 is 0 Å². The smallest absolute Gasteiger partial charge is 0.360 e. The van der Waals surface area contributed by atoms with Crippen LogP contribution in [0, 0.1) is 0 Å². The summed E-state index contributed by atoms with van der Waals surface area (Å²) >= 11 is 0. The van der Waals surface area contributed by atoms with Gasteiger partial charge in [-0.2, -0.15) is 0 Å². The van der Waals surface area contributed by atoms with E-state index in [9.17, 15) is 14.4 Å². The van der Waals surface area contributed by atoms with Gasteiger partial charge in [0.15, 0.2) is 0 Å². The minimum atomic E-state index is -1.28. The number of rotatable bonds is 6. The number of ether oxygens (including phenoxy) is 2. The molecule has 0 fully saturated rings. The van der Waals surface area contributed by atoms with Crippen LogP contribution in [0.4, 0.5) is 0 Å². The molecule has 1 unspecified atom stereocenters. The van der Waals surface area contributed by atoms with E-state index in [1.54, 1.807) is 42.5 Å². The summed E-state index contributed by atoms with van der Waals surface area (Å²) < 4.78 is 9.61. The quantitative estimate of drug-likeness (QED) is 0.462. The van der Waals surface area contributed by atoms with Crippen molar-refractivity contribution >= 4 is 18.4 Å². The largest absolute Gasteiger partial charge is 0.448 e. The monoisotopic (exact) mass is 326 g/mol. The van der Waals surface area contributed by atoms with Crippen molar-refractivity contribution in [2.75, 3.05) is 0 Å². The van der Waals surface area contributed by atoms with Crippen molar-refractivity contribution in [2.45, 2.75) is 25.9 Å². The molecule has 0 radical (unpaired) electrons.